The second kappa shape index (κ2) is 4.76. The highest BCUT2D eigenvalue weighted by Crippen LogP contribution is 2.35. The van der Waals surface area contributed by atoms with Crippen molar-refractivity contribution in [2.24, 2.45) is 5.41 Å². The summed E-state index contributed by atoms with van der Waals surface area (Å²) in [6.07, 6.45) is -1.38. The first kappa shape index (κ1) is 14.8. The summed E-state index contributed by atoms with van der Waals surface area (Å²) in [5.41, 5.74) is -1.92. The molecule has 0 aromatic rings. The van der Waals surface area contributed by atoms with Crippen LogP contribution >= 0.6 is 0 Å². The fraction of sp³-hybridized carbons (Fsp3) is 0.833. The van der Waals surface area contributed by atoms with Crippen LogP contribution in [0.5, 0.6) is 0 Å². The Hall–Kier alpha value is -1.30. The maximum atomic E-state index is 11.8. The number of carbonyl (C=O) groups excluding carboxylic acids is 1. The largest absolute Gasteiger partial charge is 0.481 e. The van der Waals surface area contributed by atoms with E-state index in [1.807, 2.05) is 0 Å². The number of hydrogen-bond acceptors (Lipinski definition) is 4. The van der Waals surface area contributed by atoms with E-state index in [2.05, 4.69) is 0 Å². The van der Waals surface area contributed by atoms with Gasteiger partial charge in [-0.2, -0.15) is 0 Å². The van der Waals surface area contributed by atoms with Gasteiger partial charge in [0, 0.05) is 6.54 Å². The molecule has 0 aromatic heterocycles. The molecule has 0 aromatic carbocycles. The average molecular weight is 259 g/mol. The van der Waals surface area contributed by atoms with E-state index in [1.165, 1.54) is 4.90 Å². The number of ether oxygens (including phenoxy) is 1. The van der Waals surface area contributed by atoms with E-state index < -0.39 is 29.2 Å². The van der Waals surface area contributed by atoms with Gasteiger partial charge in [0.25, 0.3) is 0 Å². The van der Waals surface area contributed by atoms with E-state index >= 15 is 0 Å². The fourth-order valence-corrected chi connectivity index (χ4v) is 2.07. The van der Waals surface area contributed by atoms with Gasteiger partial charge in [0.1, 0.15) is 11.0 Å². The van der Waals surface area contributed by atoms with Crippen LogP contribution in [-0.2, 0) is 9.53 Å². The summed E-state index contributed by atoms with van der Waals surface area (Å²) in [5, 5.41) is 19.1. The molecular formula is C12H21NO5. The number of likely N-dealkylation sites (tertiary alicyclic amines) is 1. The van der Waals surface area contributed by atoms with Crippen LogP contribution in [-0.4, -0.2) is 52.0 Å². The highest BCUT2D eigenvalue weighted by Gasteiger charge is 2.52. The Morgan fingerprint density at radius 2 is 2.00 bits per heavy atom. The van der Waals surface area contributed by atoms with Gasteiger partial charge in [0.15, 0.2) is 0 Å². The van der Waals surface area contributed by atoms with Crippen molar-refractivity contribution in [1.82, 2.24) is 4.90 Å². The van der Waals surface area contributed by atoms with Gasteiger partial charge in [-0.05, 0) is 27.2 Å². The summed E-state index contributed by atoms with van der Waals surface area (Å²) in [5.74, 6) is -1.08. The predicted molar refractivity (Wildman–Crippen MR) is 64.2 cm³/mol. The number of β-amino-alcohol motifs (C(OH)–C–C–N with tert-alkyl or cyclic N) is 1. The Balaban J connectivity index is 2.80. The van der Waals surface area contributed by atoms with Crippen LogP contribution < -0.4 is 0 Å². The van der Waals surface area contributed by atoms with Crippen LogP contribution in [0.3, 0.4) is 0 Å². The maximum absolute atomic E-state index is 11.8. The van der Waals surface area contributed by atoms with E-state index in [9.17, 15) is 19.8 Å². The summed E-state index contributed by atoms with van der Waals surface area (Å²) in [6, 6.07) is 0. The quantitative estimate of drug-likeness (QED) is 0.774. The summed E-state index contributed by atoms with van der Waals surface area (Å²) in [4.78, 5) is 24.4. The first-order valence-electron chi connectivity index (χ1n) is 6.02. The molecule has 18 heavy (non-hydrogen) atoms. The van der Waals surface area contributed by atoms with Crippen molar-refractivity contribution in [2.75, 3.05) is 13.1 Å². The molecule has 0 unspecified atom stereocenters. The van der Waals surface area contributed by atoms with Crippen molar-refractivity contribution in [3.05, 3.63) is 0 Å². The van der Waals surface area contributed by atoms with Crippen LogP contribution in [0, 0.1) is 5.41 Å². The van der Waals surface area contributed by atoms with Crippen molar-refractivity contribution < 1.29 is 24.5 Å². The number of amides is 1. The number of hydrogen-bond donors (Lipinski definition) is 2. The Morgan fingerprint density at radius 3 is 2.33 bits per heavy atom. The molecule has 6 heteroatoms. The van der Waals surface area contributed by atoms with Gasteiger partial charge in [-0.15, -0.1) is 0 Å². The smallest absolute Gasteiger partial charge is 0.410 e. The van der Waals surface area contributed by atoms with E-state index in [4.69, 9.17) is 4.74 Å². The molecule has 1 heterocycles. The van der Waals surface area contributed by atoms with Crippen molar-refractivity contribution in [3.8, 4) is 0 Å². The van der Waals surface area contributed by atoms with Crippen LogP contribution in [0.15, 0.2) is 0 Å². The molecule has 2 N–H and O–H groups in total. The Bertz CT molecular complexity index is 349. The standard InChI is InChI=1S/C12H21NO5/c1-5-12(9(15)16)7-13(6-8(12)14)10(17)18-11(2,3)4/h8,14H,5-7H2,1-4H3,(H,15,16)/t8-,12-/m1/s1. The lowest BCUT2D eigenvalue weighted by Gasteiger charge is -2.26. The zero-order valence-corrected chi connectivity index (χ0v) is 11.3. The van der Waals surface area contributed by atoms with Gasteiger partial charge in [0.05, 0.1) is 12.6 Å². The third-order valence-electron chi connectivity index (χ3n) is 3.21. The van der Waals surface area contributed by atoms with Crippen LogP contribution in [0.25, 0.3) is 0 Å². The first-order chi connectivity index (χ1) is 8.12. The van der Waals surface area contributed by atoms with Crippen molar-refractivity contribution in [1.29, 1.82) is 0 Å². The summed E-state index contributed by atoms with van der Waals surface area (Å²) in [7, 11) is 0. The molecule has 0 aliphatic carbocycles. The monoisotopic (exact) mass is 259 g/mol. The van der Waals surface area contributed by atoms with Gasteiger partial charge in [-0.1, -0.05) is 6.92 Å². The number of aliphatic hydroxyl groups is 1. The lowest BCUT2D eigenvalue weighted by Crippen LogP contribution is -2.42. The molecule has 0 saturated carbocycles. The van der Waals surface area contributed by atoms with Gasteiger partial charge in [-0.25, -0.2) is 4.79 Å². The minimum Gasteiger partial charge on any atom is -0.481 e. The number of carbonyl (C=O) groups is 2. The number of rotatable bonds is 2. The topological polar surface area (TPSA) is 87.1 Å². The maximum Gasteiger partial charge on any atom is 0.410 e. The summed E-state index contributed by atoms with van der Waals surface area (Å²) < 4.78 is 5.17. The molecule has 0 spiro atoms. The molecule has 2 atom stereocenters. The number of aliphatic hydroxyl groups excluding tert-OH is 1. The Labute approximate surface area is 107 Å². The third-order valence-corrected chi connectivity index (χ3v) is 3.21. The number of carboxylic acid groups (broad SMARTS) is 1. The average Bonchev–Trinajstić information content (AvgIpc) is 2.54. The molecule has 1 amide bonds. The second-order valence-electron chi connectivity index (χ2n) is 5.69. The summed E-state index contributed by atoms with van der Waals surface area (Å²) >= 11 is 0. The zero-order chi connectivity index (χ0) is 14.1. The minimum atomic E-state index is -1.28. The molecule has 0 bridgehead atoms. The SMILES string of the molecule is CC[C@@]1(C(=O)O)CN(C(=O)OC(C)(C)C)C[C@H]1O. The highest BCUT2D eigenvalue weighted by molar-refractivity contribution is 5.78. The van der Waals surface area contributed by atoms with E-state index in [0.29, 0.717) is 0 Å². The normalized spacial score (nSPS) is 28.3. The first-order valence-corrected chi connectivity index (χ1v) is 6.02. The highest BCUT2D eigenvalue weighted by atomic mass is 16.6. The molecule has 1 aliphatic heterocycles. The fourth-order valence-electron chi connectivity index (χ4n) is 2.07. The van der Waals surface area contributed by atoms with E-state index in [-0.39, 0.29) is 19.5 Å². The Morgan fingerprint density at radius 1 is 1.44 bits per heavy atom. The molecule has 6 nitrogen and oxygen atoms in total. The van der Waals surface area contributed by atoms with Crippen molar-refractivity contribution in [2.45, 2.75) is 45.8 Å². The van der Waals surface area contributed by atoms with Gasteiger partial charge in [-0.3, -0.25) is 4.79 Å². The molecule has 1 rings (SSSR count). The molecule has 104 valence electrons. The van der Waals surface area contributed by atoms with Crippen LogP contribution in [0.1, 0.15) is 34.1 Å². The second-order valence-corrected chi connectivity index (χ2v) is 5.69. The Kier molecular flexibility index (Phi) is 3.90. The molecule has 1 saturated heterocycles. The lowest BCUT2D eigenvalue weighted by molar-refractivity contribution is -0.153. The van der Waals surface area contributed by atoms with E-state index in [1.54, 1.807) is 27.7 Å². The van der Waals surface area contributed by atoms with Crippen molar-refractivity contribution >= 4 is 12.1 Å². The van der Waals surface area contributed by atoms with Gasteiger partial charge >= 0.3 is 12.1 Å². The summed E-state index contributed by atoms with van der Waals surface area (Å²) in [6.45, 7) is 6.88. The molecular weight excluding hydrogens is 238 g/mol. The van der Waals surface area contributed by atoms with Crippen LogP contribution in [0.4, 0.5) is 4.79 Å². The predicted octanol–water partition coefficient (Wildman–Crippen LogP) is 1.08. The number of nitrogens with zero attached hydrogens (tertiary/aromatic N) is 1. The lowest BCUT2D eigenvalue weighted by atomic mass is 9.82. The third kappa shape index (κ3) is 2.75. The molecule has 1 aliphatic rings. The molecule has 1 fully saturated rings. The number of aliphatic carboxylic acids is 1. The zero-order valence-electron chi connectivity index (χ0n) is 11.3. The van der Waals surface area contributed by atoms with Gasteiger partial charge in [0.2, 0.25) is 0 Å². The minimum absolute atomic E-state index is 0.00491. The van der Waals surface area contributed by atoms with Crippen LogP contribution in [0.2, 0.25) is 0 Å². The van der Waals surface area contributed by atoms with Gasteiger partial charge < -0.3 is 19.8 Å². The van der Waals surface area contributed by atoms with Crippen molar-refractivity contribution in [3.63, 3.8) is 0 Å². The van der Waals surface area contributed by atoms with E-state index in [0.717, 1.165) is 0 Å². The number of carboxylic acids is 1. The molecule has 0 radical (unpaired) electrons.